The molecule has 1 aliphatic carbocycles. The Hall–Kier alpha value is -1.97. The van der Waals surface area contributed by atoms with Crippen molar-refractivity contribution in [3.05, 3.63) is 36.7 Å². The first-order valence-corrected chi connectivity index (χ1v) is 5.91. The highest BCUT2D eigenvalue weighted by Crippen LogP contribution is 2.17. The minimum absolute atomic E-state index is 0.488. The van der Waals surface area contributed by atoms with Crippen LogP contribution in [0.15, 0.2) is 36.7 Å². The van der Waals surface area contributed by atoms with Gasteiger partial charge >= 0.3 is 0 Å². The highest BCUT2D eigenvalue weighted by molar-refractivity contribution is 5.71. The van der Waals surface area contributed by atoms with E-state index in [0.29, 0.717) is 11.7 Å². The topological polar surface area (TPSA) is 50.7 Å². The van der Waals surface area contributed by atoms with Crippen molar-refractivity contribution in [2.75, 3.05) is 5.32 Å². The summed E-state index contributed by atoms with van der Waals surface area (Å²) in [6, 6.07) is 4.41. The number of hydrogen-bond acceptors (Lipinski definition) is 4. The van der Waals surface area contributed by atoms with Gasteiger partial charge in [0.05, 0.1) is 0 Å². The number of pyridine rings is 1. The van der Waals surface area contributed by atoms with Crippen molar-refractivity contribution in [1.29, 1.82) is 0 Å². The molecule has 1 aliphatic rings. The third-order valence-corrected chi connectivity index (χ3v) is 2.95. The average Bonchev–Trinajstić information content (AvgIpc) is 2.40. The Labute approximate surface area is 99.8 Å². The van der Waals surface area contributed by atoms with Gasteiger partial charge in [0.15, 0.2) is 5.65 Å². The molecule has 2 heterocycles. The molecule has 0 aliphatic heterocycles. The highest BCUT2D eigenvalue weighted by atomic mass is 15.0. The van der Waals surface area contributed by atoms with Crippen molar-refractivity contribution < 1.29 is 0 Å². The molecular weight excluding hydrogens is 212 g/mol. The van der Waals surface area contributed by atoms with Crippen molar-refractivity contribution in [1.82, 2.24) is 15.0 Å². The fraction of sp³-hybridized carbons (Fsp3) is 0.308. The fourth-order valence-corrected chi connectivity index (χ4v) is 2.07. The molecule has 0 fully saturated rings. The molecule has 4 heteroatoms. The molecule has 1 atom stereocenters. The van der Waals surface area contributed by atoms with Crippen LogP contribution in [0.25, 0.3) is 11.2 Å². The number of aromatic nitrogens is 3. The van der Waals surface area contributed by atoms with Crippen molar-refractivity contribution in [3.8, 4) is 0 Å². The second-order valence-corrected chi connectivity index (χ2v) is 4.22. The summed E-state index contributed by atoms with van der Waals surface area (Å²) in [6.45, 7) is 0. The van der Waals surface area contributed by atoms with Crippen molar-refractivity contribution in [2.45, 2.75) is 25.3 Å². The van der Waals surface area contributed by atoms with Crippen LogP contribution in [-0.4, -0.2) is 21.0 Å². The van der Waals surface area contributed by atoms with Gasteiger partial charge in [0, 0.05) is 18.4 Å². The first kappa shape index (κ1) is 10.2. The van der Waals surface area contributed by atoms with Crippen molar-refractivity contribution in [2.24, 2.45) is 0 Å². The van der Waals surface area contributed by atoms with E-state index in [1.165, 1.54) is 0 Å². The van der Waals surface area contributed by atoms with Gasteiger partial charge in [0.1, 0.15) is 11.3 Å². The van der Waals surface area contributed by atoms with Crippen LogP contribution in [-0.2, 0) is 0 Å². The van der Waals surface area contributed by atoms with E-state index in [1.54, 1.807) is 12.4 Å². The predicted octanol–water partition coefficient (Wildman–Crippen LogP) is 2.55. The van der Waals surface area contributed by atoms with E-state index >= 15 is 0 Å². The van der Waals surface area contributed by atoms with Gasteiger partial charge in [-0.25, -0.2) is 9.97 Å². The lowest BCUT2D eigenvalue weighted by atomic mass is 10.0. The molecule has 0 amide bonds. The molecule has 0 radical (unpaired) electrons. The van der Waals surface area contributed by atoms with E-state index in [-0.39, 0.29) is 0 Å². The normalized spacial score (nSPS) is 19.4. The van der Waals surface area contributed by atoms with E-state index in [4.69, 9.17) is 0 Å². The lowest BCUT2D eigenvalue weighted by molar-refractivity contribution is 0.642. The molecule has 0 saturated carbocycles. The molecule has 2 aromatic rings. The molecule has 4 nitrogen and oxygen atoms in total. The number of fused-ring (bicyclic) bond motifs is 1. The Balaban J connectivity index is 1.83. The molecule has 0 bridgehead atoms. The first-order chi connectivity index (χ1) is 8.42. The Morgan fingerprint density at radius 3 is 2.94 bits per heavy atom. The Morgan fingerprint density at radius 2 is 2.06 bits per heavy atom. The predicted molar refractivity (Wildman–Crippen MR) is 67.7 cm³/mol. The van der Waals surface area contributed by atoms with Crippen LogP contribution in [0.2, 0.25) is 0 Å². The van der Waals surface area contributed by atoms with E-state index in [9.17, 15) is 0 Å². The molecule has 86 valence electrons. The van der Waals surface area contributed by atoms with Crippen LogP contribution >= 0.6 is 0 Å². The van der Waals surface area contributed by atoms with Crippen LogP contribution in [0.4, 0.5) is 5.82 Å². The summed E-state index contributed by atoms with van der Waals surface area (Å²) in [6.07, 6.45) is 11.2. The maximum Gasteiger partial charge on any atom is 0.180 e. The number of anilines is 1. The Morgan fingerprint density at radius 1 is 1.12 bits per heavy atom. The summed E-state index contributed by atoms with van der Waals surface area (Å²) in [4.78, 5) is 12.9. The Kier molecular flexibility index (Phi) is 2.69. The molecule has 3 rings (SSSR count). The minimum Gasteiger partial charge on any atom is -0.367 e. The lowest BCUT2D eigenvalue weighted by Gasteiger charge is -2.19. The molecule has 0 spiro atoms. The maximum atomic E-state index is 4.46. The zero-order valence-electron chi connectivity index (χ0n) is 9.50. The SMILES string of the molecule is C1=CCC(Nc2ccc3nccnc3n2)CC1. The third-order valence-electron chi connectivity index (χ3n) is 2.95. The van der Waals surface area contributed by atoms with Gasteiger partial charge in [-0.05, 0) is 31.4 Å². The quantitative estimate of drug-likeness (QED) is 0.799. The number of rotatable bonds is 2. The average molecular weight is 226 g/mol. The second-order valence-electron chi connectivity index (χ2n) is 4.22. The van der Waals surface area contributed by atoms with Crippen LogP contribution in [0.1, 0.15) is 19.3 Å². The lowest BCUT2D eigenvalue weighted by Crippen LogP contribution is -2.20. The molecule has 17 heavy (non-hydrogen) atoms. The van der Waals surface area contributed by atoms with E-state index in [0.717, 1.165) is 30.6 Å². The second kappa shape index (κ2) is 4.49. The third kappa shape index (κ3) is 2.25. The Bertz CT molecular complexity index is 550. The molecule has 1 unspecified atom stereocenters. The number of allylic oxidation sites excluding steroid dienone is 1. The zero-order valence-corrected chi connectivity index (χ0v) is 9.50. The molecule has 2 aromatic heterocycles. The van der Waals surface area contributed by atoms with E-state index < -0.39 is 0 Å². The summed E-state index contributed by atoms with van der Waals surface area (Å²) >= 11 is 0. The first-order valence-electron chi connectivity index (χ1n) is 5.91. The van der Waals surface area contributed by atoms with Gasteiger partial charge < -0.3 is 5.32 Å². The van der Waals surface area contributed by atoms with Crippen LogP contribution in [0, 0.1) is 0 Å². The molecule has 0 saturated heterocycles. The minimum atomic E-state index is 0.488. The molecular formula is C13H14N4. The van der Waals surface area contributed by atoms with Gasteiger partial charge in [-0.15, -0.1) is 0 Å². The van der Waals surface area contributed by atoms with Gasteiger partial charge in [-0.3, -0.25) is 4.98 Å². The van der Waals surface area contributed by atoms with Crippen molar-refractivity contribution >= 4 is 17.0 Å². The van der Waals surface area contributed by atoms with E-state index in [2.05, 4.69) is 32.4 Å². The number of nitrogens with zero attached hydrogens (tertiary/aromatic N) is 3. The van der Waals surface area contributed by atoms with Crippen LogP contribution in [0.5, 0.6) is 0 Å². The van der Waals surface area contributed by atoms with Crippen LogP contribution < -0.4 is 5.32 Å². The highest BCUT2D eigenvalue weighted by Gasteiger charge is 2.10. The number of nitrogens with one attached hydrogen (secondary N) is 1. The van der Waals surface area contributed by atoms with Gasteiger partial charge in [-0.2, -0.15) is 0 Å². The smallest absolute Gasteiger partial charge is 0.180 e. The number of hydrogen-bond donors (Lipinski definition) is 1. The summed E-state index contributed by atoms with van der Waals surface area (Å²) in [5.74, 6) is 0.887. The molecule has 0 aromatic carbocycles. The summed E-state index contributed by atoms with van der Waals surface area (Å²) in [5.41, 5.74) is 1.53. The van der Waals surface area contributed by atoms with Crippen molar-refractivity contribution in [3.63, 3.8) is 0 Å². The largest absolute Gasteiger partial charge is 0.367 e. The molecule has 1 N–H and O–H groups in total. The van der Waals surface area contributed by atoms with Gasteiger partial charge in [0.25, 0.3) is 0 Å². The summed E-state index contributed by atoms with van der Waals surface area (Å²) in [5, 5.41) is 3.44. The summed E-state index contributed by atoms with van der Waals surface area (Å²) in [7, 11) is 0. The van der Waals surface area contributed by atoms with Gasteiger partial charge in [0.2, 0.25) is 0 Å². The standard InChI is InChI=1S/C13H14N4/c1-2-4-10(5-3-1)16-12-7-6-11-13(17-12)15-9-8-14-11/h1-2,6-10H,3-5H2,(H,15,16,17). The van der Waals surface area contributed by atoms with Gasteiger partial charge in [-0.1, -0.05) is 12.2 Å². The zero-order chi connectivity index (χ0) is 11.5. The van der Waals surface area contributed by atoms with Crippen LogP contribution in [0.3, 0.4) is 0 Å². The monoisotopic (exact) mass is 226 g/mol. The van der Waals surface area contributed by atoms with E-state index in [1.807, 2.05) is 12.1 Å². The maximum absolute atomic E-state index is 4.46. The summed E-state index contributed by atoms with van der Waals surface area (Å²) < 4.78 is 0. The fourth-order valence-electron chi connectivity index (χ4n) is 2.07.